The SMILES string of the molecule is Nc1nonc1C(=O)Nc1cc(C(F)(F)F)cc(C(F)(F)F)c1. The molecular formula is C11H6F6N4O2. The zero-order valence-corrected chi connectivity index (χ0v) is 10.8. The van der Waals surface area contributed by atoms with Crippen LogP contribution in [0.15, 0.2) is 22.8 Å². The van der Waals surface area contributed by atoms with E-state index >= 15 is 0 Å². The molecule has 1 heterocycles. The summed E-state index contributed by atoms with van der Waals surface area (Å²) < 4.78 is 80.2. The Morgan fingerprint density at radius 1 is 1.00 bits per heavy atom. The third-order valence-corrected chi connectivity index (χ3v) is 2.57. The molecule has 6 nitrogen and oxygen atoms in total. The van der Waals surface area contributed by atoms with Gasteiger partial charge in [0.05, 0.1) is 11.1 Å². The van der Waals surface area contributed by atoms with E-state index in [1.807, 2.05) is 5.32 Å². The van der Waals surface area contributed by atoms with Gasteiger partial charge in [0.2, 0.25) is 11.5 Å². The Labute approximate surface area is 123 Å². The highest BCUT2D eigenvalue weighted by Crippen LogP contribution is 2.37. The van der Waals surface area contributed by atoms with Gasteiger partial charge in [-0.2, -0.15) is 26.3 Å². The topological polar surface area (TPSA) is 94.0 Å². The molecule has 0 fully saturated rings. The monoisotopic (exact) mass is 340 g/mol. The van der Waals surface area contributed by atoms with E-state index in [9.17, 15) is 31.1 Å². The van der Waals surface area contributed by atoms with Crippen molar-refractivity contribution in [2.45, 2.75) is 12.4 Å². The van der Waals surface area contributed by atoms with E-state index in [1.54, 1.807) is 0 Å². The maximum atomic E-state index is 12.7. The molecule has 1 aromatic carbocycles. The van der Waals surface area contributed by atoms with Crippen molar-refractivity contribution >= 4 is 17.4 Å². The van der Waals surface area contributed by atoms with Crippen LogP contribution in [0.5, 0.6) is 0 Å². The molecule has 1 aromatic heterocycles. The van der Waals surface area contributed by atoms with Crippen molar-refractivity contribution in [3.8, 4) is 0 Å². The van der Waals surface area contributed by atoms with E-state index in [1.165, 1.54) is 0 Å². The van der Waals surface area contributed by atoms with Gasteiger partial charge >= 0.3 is 12.4 Å². The van der Waals surface area contributed by atoms with E-state index in [-0.39, 0.29) is 6.07 Å². The maximum Gasteiger partial charge on any atom is 0.416 e. The van der Waals surface area contributed by atoms with Crippen molar-refractivity contribution in [3.05, 3.63) is 35.0 Å². The largest absolute Gasteiger partial charge is 0.416 e. The highest BCUT2D eigenvalue weighted by molar-refractivity contribution is 6.05. The summed E-state index contributed by atoms with van der Waals surface area (Å²) in [5, 5.41) is 7.98. The first-order chi connectivity index (χ1) is 10.5. The number of rotatable bonds is 2. The fraction of sp³-hybridized carbons (Fsp3) is 0.182. The van der Waals surface area contributed by atoms with Crippen LogP contribution in [0.25, 0.3) is 0 Å². The van der Waals surface area contributed by atoms with Crippen molar-refractivity contribution in [2.75, 3.05) is 11.1 Å². The predicted octanol–water partition coefficient (Wildman–Crippen LogP) is 2.94. The number of nitrogens with two attached hydrogens (primary N) is 1. The number of nitrogen functional groups attached to an aromatic ring is 1. The number of hydrogen-bond acceptors (Lipinski definition) is 5. The predicted molar refractivity (Wildman–Crippen MR) is 63.1 cm³/mol. The van der Waals surface area contributed by atoms with Crippen molar-refractivity contribution in [3.63, 3.8) is 0 Å². The van der Waals surface area contributed by atoms with Gasteiger partial charge in [0.15, 0.2) is 0 Å². The Balaban J connectivity index is 2.42. The second-order valence-electron chi connectivity index (χ2n) is 4.25. The molecule has 2 aromatic rings. The number of anilines is 2. The van der Waals surface area contributed by atoms with Crippen LogP contribution < -0.4 is 11.1 Å². The molecule has 0 aliphatic heterocycles. The van der Waals surface area contributed by atoms with Gasteiger partial charge in [0, 0.05) is 5.69 Å². The van der Waals surface area contributed by atoms with Gasteiger partial charge in [-0.25, -0.2) is 4.63 Å². The Bertz CT molecular complexity index is 705. The molecule has 0 saturated heterocycles. The van der Waals surface area contributed by atoms with Gasteiger partial charge in [-0.15, -0.1) is 0 Å². The molecule has 0 aliphatic carbocycles. The van der Waals surface area contributed by atoms with Gasteiger partial charge in [0.1, 0.15) is 0 Å². The van der Waals surface area contributed by atoms with Crippen LogP contribution in [-0.4, -0.2) is 16.2 Å². The second-order valence-corrected chi connectivity index (χ2v) is 4.25. The number of nitrogens with zero attached hydrogens (tertiary/aromatic N) is 2. The van der Waals surface area contributed by atoms with Gasteiger partial charge in [0.25, 0.3) is 5.91 Å². The summed E-state index contributed by atoms with van der Waals surface area (Å²) in [6.07, 6.45) is -10.1. The Morgan fingerprint density at radius 3 is 1.91 bits per heavy atom. The highest BCUT2D eigenvalue weighted by Gasteiger charge is 2.37. The average molecular weight is 340 g/mol. The van der Waals surface area contributed by atoms with Crippen molar-refractivity contribution in [2.24, 2.45) is 0 Å². The van der Waals surface area contributed by atoms with Gasteiger partial charge in [-0.1, -0.05) is 0 Å². The van der Waals surface area contributed by atoms with E-state index in [4.69, 9.17) is 5.73 Å². The van der Waals surface area contributed by atoms with Crippen LogP contribution >= 0.6 is 0 Å². The van der Waals surface area contributed by atoms with Crippen LogP contribution in [0, 0.1) is 0 Å². The van der Waals surface area contributed by atoms with Crippen LogP contribution in [0.1, 0.15) is 21.6 Å². The maximum absolute atomic E-state index is 12.7. The average Bonchev–Trinajstić information content (AvgIpc) is 2.82. The quantitative estimate of drug-likeness (QED) is 0.820. The summed E-state index contributed by atoms with van der Waals surface area (Å²) in [7, 11) is 0. The summed E-state index contributed by atoms with van der Waals surface area (Å²) in [5.74, 6) is -1.64. The molecule has 0 spiro atoms. The molecule has 3 N–H and O–H groups in total. The molecule has 2 rings (SSSR count). The zero-order chi connectivity index (χ0) is 17.4. The van der Waals surface area contributed by atoms with Crippen LogP contribution in [0.4, 0.5) is 37.8 Å². The molecule has 0 radical (unpaired) electrons. The molecular weight excluding hydrogens is 334 g/mol. The molecule has 0 aliphatic rings. The third-order valence-electron chi connectivity index (χ3n) is 2.57. The van der Waals surface area contributed by atoms with Crippen LogP contribution in [0.3, 0.4) is 0 Å². The van der Waals surface area contributed by atoms with E-state index in [0.717, 1.165) is 0 Å². The molecule has 0 saturated carbocycles. The molecule has 0 bridgehead atoms. The second kappa shape index (κ2) is 5.44. The van der Waals surface area contributed by atoms with Crippen molar-refractivity contribution in [1.29, 1.82) is 0 Å². The minimum atomic E-state index is -5.03. The van der Waals surface area contributed by atoms with Crippen LogP contribution in [0.2, 0.25) is 0 Å². The molecule has 1 amide bonds. The summed E-state index contributed by atoms with van der Waals surface area (Å²) in [4.78, 5) is 11.7. The number of nitrogens with one attached hydrogen (secondary N) is 1. The van der Waals surface area contributed by atoms with Gasteiger partial charge < -0.3 is 11.1 Å². The molecule has 23 heavy (non-hydrogen) atoms. The fourth-order valence-corrected chi connectivity index (χ4v) is 1.57. The lowest BCUT2D eigenvalue weighted by Crippen LogP contribution is -2.17. The lowest BCUT2D eigenvalue weighted by Gasteiger charge is -2.14. The Morgan fingerprint density at radius 2 is 1.52 bits per heavy atom. The first-order valence-corrected chi connectivity index (χ1v) is 5.67. The number of carbonyl (C=O) groups is 1. The number of benzene rings is 1. The lowest BCUT2D eigenvalue weighted by molar-refractivity contribution is -0.143. The molecule has 0 unspecified atom stereocenters. The third kappa shape index (κ3) is 3.70. The molecule has 124 valence electrons. The highest BCUT2D eigenvalue weighted by atomic mass is 19.4. The Kier molecular flexibility index (Phi) is 3.92. The number of aromatic nitrogens is 2. The first-order valence-electron chi connectivity index (χ1n) is 5.67. The van der Waals surface area contributed by atoms with Gasteiger partial charge in [-0.05, 0) is 28.5 Å². The van der Waals surface area contributed by atoms with E-state index in [0.29, 0.717) is 12.1 Å². The van der Waals surface area contributed by atoms with Crippen LogP contribution in [-0.2, 0) is 12.4 Å². The summed E-state index contributed by atoms with van der Waals surface area (Å²) in [5.41, 5.74) is 0.745. The summed E-state index contributed by atoms with van der Waals surface area (Å²) >= 11 is 0. The van der Waals surface area contributed by atoms with Gasteiger partial charge in [-0.3, -0.25) is 4.79 Å². The number of halogens is 6. The van der Waals surface area contributed by atoms with Crippen molar-refractivity contribution in [1.82, 2.24) is 10.3 Å². The summed E-state index contributed by atoms with van der Waals surface area (Å²) in [6, 6.07) is 0.620. The zero-order valence-electron chi connectivity index (χ0n) is 10.8. The number of alkyl halides is 6. The molecule has 0 atom stereocenters. The fourth-order valence-electron chi connectivity index (χ4n) is 1.57. The normalized spacial score (nSPS) is 12.3. The standard InChI is InChI=1S/C11H6F6N4O2/c12-10(13,14)4-1-5(11(15,16)17)3-6(2-4)19-9(22)7-8(18)21-23-20-7/h1-3H,(H2,18,21)(H,19,22). The summed E-state index contributed by atoms with van der Waals surface area (Å²) in [6.45, 7) is 0. The molecule has 12 heteroatoms. The number of carbonyl (C=O) groups excluding carboxylic acids is 1. The Hall–Kier alpha value is -2.79. The minimum absolute atomic E-state index is 0.0678. The minimum Gasteiger partial charge on any atom is -0.379 e. The number of hydrogen-bond donors (Lipinski definition) is 2. The van der Waals surface area contributed by atoms with E-state index < -0.39 is 46.6 Å². The van der Waals surface area contributed by atoms with E-state index in [2.05, 4.69) is 14.9 Å². The first kappa shape index (κ1) is 16.6. The lowest BCUT2D eigenvalue weighted by atomic mass is 10.1. The smallest absolute Gasteiger partial charge is 0.379 e. The number of amides is 1. The van der Waals surface area contributed by atoms with Crippen molar-refractivity contribution < 1.29 is 35.8 Å².